The zero-order chi connectivity index (χ0) is 18.9. The number of aromatic nitrogens is 1. The molecule has 27 heavy (non-hydrogen) atoms. The molecule has 4 nitrogen and oxygen atoms in total. The average Bonchev–Trinajstić information content (AvgIpc) is 3.24. The SMILES string of the molecule is CSCCC(C(=O)N1CCN(C/C=C/c2ccccc2)CC1)n1cccc1. The van der Waals surface area contributed by atoms with Gasteiger partial charge in [-0.05, 0) is 36.1 Å². The molecule has 0 spiro atoms. The molecule has 0 saturated carbocycles. The highest BCUT2D eigenvalue weighted by Gasteiger charge is 2.27. The third kappa shape index (κ3) is 5.75. The van der Waals surface area contributed by atoms with Crippen LogP contribution in [-0.2, 0) is 4.79 Å². The lowest BCUT2D eigenvalue weighted by Gasteiger charge is -2.36. The lowest BCUT2D eigenvalue weighted by Crippen LogP contribution is -2.50. The number of carbonyl (C=O) groups excluding carboxylic acids is 1. The minimum Gasteiger partial charge on any atom is -0.342 e. The predicted molar refractivity (Wildman–Crippen MR) is 115 cm³/mol. The van der Waals surface area contributed by atoms with Gasteiger partial charge in [0.2, 0.25) is 5.91 Å². The summed E-state index contributed by atoms with van der Waals surface area (Å²) in [6.07, 6.45) is 11.4. The fraction of sp³-hybridized carbons (Fsp3) is 0.409. The summed E-state index contributed by atoms with van der Waals surface area (Å²) in [6.45, 7) is 4.44. The maximum atomic E-state index is 13.1. The fourth-order valence-corrected chi connectivity index (χ4v) is 3.91. The van der Waals surface area contributed by atoms with Crippen LogP contribution in [0.15, 0.2) is 60.9 Å². The predicted octanol–water partition coefficient (Wildman–Crippen LogP) is 3.64. The number of hydrogen-bond acceptors (Lipinski definition) is 3. The van der Waals surface area contributed by atoms with Crippen LogP contribution < -0.4 is 0 Å². The average molecular weight is 384 g/mol. The van der Waals surface area contributed by atoms with Crippen LogP contribution in [0, 0.1) is 0 Å². The van der Waals surface area contributed by atoms with E-state index in [0.29, 0.717) is 0 Å². The summed E-state index contributed by atoms with van der Waals surface area (Å²) >= 11 is 1.80. The molecule has 1 aromatic carbocycles. The van der Waals surface area contributed by atoms with Gasteiger partial charge in [-0.2, -0.15) is 11.8 Å². The van der Waals surface area contributed by atoms with Gasteiger partial charge in [-0.1, -0.05) is 42.5 Å². The first-order valence-corrected chi connectivity index (χ1v) is 11.0. The molecule has 144 valence electrons. The fourth-order valence-electron chi connectivity index (χ4n) is 3.45. The van der Waals surface area contributed by atoms with Crippen molar-refractivity contribution in [1.29, 1.82) is 0 Å². The van der Waals surface area contributed by atoms with E-state index in [0.717, 1.165) is 44.9 Å². The molecule has 1 aromatic heterocycles. The Morgan fingerprint density at radius 2 is 1.78 bits per heavy atom. The van der Waals surface area contributed by atoms with Gasteiger partial charge in [0.15, 0.2) is 0 Å². The van der Waals surface area contributed by atoms with Crippen molar-refractivity contribution in [3.63, 3.8) is 0 Å². The maximum Gasteiger partial charge on any atom is 0.245 e. The number of rotatable bonds is 8. The molecule has 1 aliphatic heterocycles. The number of carbonyl (C=O) groups is 1. The van der Waals surface area contributed by atoms with E-state index in [1.165, 1.54) is 5.56 Å². The number of hydrogen-bond donors (Lipinski definition) is 0. The lowest BCUT2D eigenvalue weighted by molar-refractivity contribution is -0.136. The summed E-state index contributed by atoms with van der Waals surface area (Å²) in [6, 6.07) is 14.3. The normalized spacial score (nSPS) is 16.7. The van der Waals surface area contributed by atoms with E-state index in [4.69, 9.17) is 0 Å². The second-order valence-corrected chi connectivity index (χ2v) is 7.85. The standard InChI is InChI=1S/C22H29N3OS/c1-27-19-11-21(24-13-5-6-14-24)22(26)25-17-15-23(16-18-25)12-7-10-20-8-3-2-4-9-20/h2-10,13-14,21H,11-12,15-19H2,1H3/b10-7+. The zero-order valence-corrected chi connectivity index (χ0v) is 16.9. The minimum atomic E-state index is -0.0722. The van der Waals surface area contributed by atoms with Gasteiger partial charge in [0.1, 0.15) is 6.04 Å². The van der Waals surface area contributed by atoms with Gasteiger partial charge in [0, 0.05) is 45.1 Å². The Labute approximate surface area is 166 Å². The van der Waals surface area contributed by atoms with Gasteiger partial charge in [-0.3, -0.25) is 9.69 Å². The van der Waals surface area contributed by atoms with Gasteiger partial charge in [-0.15, -0.1) is 0 Å². The van der Waals surface area contributed by atoms with Crippen LogP contribution >= 0.6 is 11.8 Å². The Hall–Kier alpha value is -1.98. The number of benzene rings is 1. The Morgan fingerprint density at radius 1 is 1.07 bits per heavy atom. The Kier molecular flexibility index (Phi) is 7.60. The van der Waals surface area contributed by atoms with E-state index in [1.807, 2.05) is 35.5 Å². The van der Waals surface area contributed by atoms with E-state index in [1.54, 1.807) is 11.8 Å². The molecule has 1 saturated heterocycles. The summed E-state index contributed by atoms with van der Waals surface area (Å²) < 4.78 is 2.06. The first-order chi connectivity index (χ1) is 13.3. The second-order valence-electron chi connectivity index (χ2n) is 6.87. The van der Waals surface area contributed by atoms with Gasteiger partial charge in [0.05, 0.1) is 0 Å². The molecular formula is C22H29N3OS. The van der Waals surface area contributed by atoms with Gasteiger partial charge in [0.25, 0.3) is 0 Å². The number of amides is 1. The third-order valence-corrected chi connectivity index (χ3v) is 5.67. The molecule has 1 fully saturated rings. The van der Waals surface area contributed by atoms with Crippen LogP contribution in [0.5, 0.6) is 0 Å². The quantitative estimate of drug-likeness (QED) is 0.697. The van der Waals surface area contributed by atoms with Crippen LogP contribution in [0.1, 0.15) is 18.0 Å². The summed E-state index contributed by atoms with van der Waals surface area (Å²) in [7, 11) is 0. The summed E-state index contributed by atoms with van der Waals surface area (Å²) in [5, 5.41) is 0. The third-order valence-electron chi connectivity index (χ3n) is 5.03. The van der Waals surface area contributed by atoms with Gasteiger partial charge >= 0.3 is 0 Å². The molecular weight excluding hydrogens is 354 g/mol. The minimum absolute atomic E-state index is 0.0722. The molecule has 0 aliphatic carbocycles. The highest BCUT2D eigenvalue weighted by atomic mass is 32.2. The van der Waals surface area contributed by atoms with Crippen molar-refractivity contribution >= 4 is 23.7 Å². The topological polar surface area (TPSA) is 28.5 Å². The van der Waals surface area contributed by atoms with E-state index in [-0.39, 0.29) is 11.9 Å². The van der Waals surface area contributed by atoms with Gasteiger partial charge < -0.3 is 9.47 Å². The van der Waals surface area contributed by atoms with E-state index in [2.05, 4.69) is 52.1 Å². The summed E-state index contributed by atoms with van der Waals surface area (Å²) in [5.74, 6) is 1.26. The molecule has 1 unspecified atom stereocenters. The van der Waals surface area contributed by atoms with Crippen molar-refractivity contribution in [2.75, 3.05) is 44.7 Å². The van der Waals surface area contributed by atoms with Crippen LogP contribution in [0.25, 0.3) is 6.08 Å². The molecule has 2 aromatic rings. The number of nitrogens with zero attached hydrogens (tertiary/aromatic N) is 3. The van der Waals surface area contributed by atoms with E-state index >= 15 is 0 Å². The Balaban J connectivity index is 1.50. The van der Waals surface area contributed by atoms with Crippen LogP contribution in [0.3, 0.4) is 0 Å². The number of thioether (sulfide) groups is 1. The van der Waals surface area contributed by atoms with Crippen LogP contribution in [0.4, 0.5) is 0 Å². The summed E-state index contributed by atoms with van der Waals surface area (Å²) in [5.41, 5.74) is 1.23. The molecule has 3 rings (SSSR count). The monoisotopic (exact) mass is 383 g/mol. The molecule has 1 amide bonds. The maximum absolute atomic E-state index is 13.1. The van der Waals surface area contributed by atoms with Crippen LogP contribution in [0.2, 0.25) is 0 Å². The van der Waals surface area contributed by atoms with Crippen molar-refractivity contribution < 1.29 is 4.79 Å². The molecule has 1 atom stereocenters. The highest BCUT2D eigenvalue weighted by Crippen LogP contribution is 2.19. The van der Waals surface area contributed by atoms with E-state index in [9.17, 15) is 4.79 Å². The zero-order valence-electron chi connectivity index (χ0n) is 16.0. The summed E-state index contributed by atoms with van der Waals surface area (Å²) in [4.78, 5) is 17.5. The van der Waals surface area contributed by atoms with Crippen molar-refractivity contribution in [3.8, 4) is 0 Å². The Morgan fingerprint density at radius 3 is 2.44 bits per heavy atom. The molecule has 1 aliphatic rings. The smallest absolute Gasteiger partial charge is 0.245 e. The largest absolute Gasteiger partial charge is 0.342 e. The van der Waals surface area contributed by atoms with Crippen LogP contribution in [-0.4, -0.2) is 65.0 Å². The highest BCUT2D eigenvalue weighted by molar-refractivity contribution is 7.98. The first-order valence-electron chi connectivity index (χ1n) is 9.62. The molecule has 0 radical (unpaired) electrons. The molecule has 0 bridgehead atoms. The Bertz CT molecular complexity index is 706. The van der Waals surface area contributed by atoms with Crippen molar-refractivity contribution in [3.05, 3.63) is 66.5 Å². The number of piperazine rings is 1. The lowest BCUT2D eigenvalue weighted by atomic mass is 10.1. The van der Waals surface area contributed by atoms with Crippen molar-refractivity contribution in [2.24, 2.45) is 0 Å². The second kappa shape index (κ2) is 10.4. The molecule has 0 N–H and O–H groups in total. The van der Waals surface area contributed by atoms with Crippen molar-refractivity contribution in [2.45, 2.75) is 12.5 Å². The molecule has 2 heterocycles. The first kappa shape index (κ1) is 19.8. The van der Waals surface area contributed by atoms with Crippen molar-refractivity contribution in [1.82, 2.24) is 14.4 Å². The van der Waals surface area contributed by atoms with Gasteiger partial charge in [-0.25, -0.2) is 0 Å². The molecule has 5 heteroatoms. The van der Waals surface area contributed by atoms with E-state index < -0.39 is 0 Å².